The summed E-state index contributed by atoms with van der Waals surface area (Å²) in [5.41, 5.74) is 0. The van der Waals surface area contributed by atoms with Gasteiger partial charge >= 0.3 is 12.0 Å². The fourth-order valence-electron chi connectivity index (χ4n) is 2.27. The van der Waals surface area contributed by atoms with Gasteiger partial charge in [-0.2, -0.15) is 4.31 Å². The van der Waals surface area contributed by atoms with E-state index in [-0.39, 0.29) is 25.5 Å². The molecule has 0 radical (unpaired) electrons. The summed E-state index contributed by atoms with van der Waals surface area (Å²) in [6.07, 6.45) is 2.41. The van der Waals surface area contributed by atoms with Crippen LogP contribution in [-0.4, -0.2) is 73.2 Å². The lowest BCUT2D eigenvalue weighted by molar-refractivity contribution is -0.137. The summed E-state index contributed by atoms with van der Waals surface area (Å²) in [5, 5.41) is 11.5. The summed E-state index contributed by atoms with van der Waals surface area (Å²) >= 11 is 0. The van der Waals surface area contributed by atoms with Gasteiger partial charge in [-0.3, -0.25) is 4.79 Å². The minimum Gasteiger partial charge on any atom is -0.481 e. The van der Waals surface area contributed by atoms with Gasteiger partial charge in [0.25, 0.3) is 0 Å². The second-order valence-corrected chi connectivity index (χ2v) is 7.16. The summed E-state index contributed by atoms with van der Waals surface area (Å²) in [7, 11) is -3.23. The zero-order chi connectivity index (χ0) is 16.0. The maximum atomic E-state index is 12.1. The predicted octanol–water partition coefficient (Wildman–Crippen LogP) is -0.0834. The van der Waals surface area contributed by atoms with Crippen molar-refractivity contribution in [2.45, 2.75) is 32.2 Å². The highest BCUT2D eigenvalue weighted by Gasteiger charge is 2.27. The van der Waals surface area contributed by atoms with Crippen molar-refractivity contribution in [3.63, 3.8) is 0 Å². The Morgan fingerprint density at radius 3 is 2.24 bits per heavy atom. The highest BCUT2D eigenvalue weighted by molar-refractivity contribution is 7.88. The Balaban J connectivity index is 2.51. The van der Waals surface area contributed by atoms with Crippen LogP contribution in [0.15, 0.2) is 0 Å². The fourth-order valence-corrected chi connectivity index (χ4v) is 3.10. The van der Waals surface area contributed by atoms with Gasteiger partial charge in [0.2, 0.25) is 10.0 Å². The molecule has 122 valence electrons. The van der Waals surface area contributed by atoms with E-state index >= 15 is 0 Å². The normalized spacial score (nSPS) is 18.3. The van der Waals surface area contributed by atoms with Crippen molar-refractivity contribution in [2.75, 3.05) is 32.4 Å². The van der Waals surface area contributed by atoms with Gasteiger partial charge in [0.15, 0.2) is 0 Å². The number of urea groups is 1. The van der Waals surface area contributed by atoms with Gasteiger partial charge in [-0.25, -0.2) is 13.2 Å². The van der Waals surface area contributed by atoms with Crippen molar-refractivity contribution < 1.29 is 23.1 Å². The summed E-state index contributed by atoms with van der Waals surface area (Å²) in [6, 6.07) is -0.726. The van der Waals surface area contributed by atoms with Gasteiger partial charge in [-0.05, 0) is 6.42 Å². The number of piperazine rings is 1. The molecular formula is C12H23N3O5S. The van der Waals surface area contributed by atoms with E-state index in [1.165, 1.54) is 9.21 Å². The average Bonchev–Trinajstić information content (AvgIpc) is 2.37. The lowest BCUT2D eigenvalue weighted by Crippen LogP contribution is -2.54. The molecule has 1 heterocycles. The van der Waals surface area contributed by atoms with E-state index in [2.05, 4.69) is 5.32 Å². The van der Waals surface area contributed by atoms with Crippen molar-refractivity contribution >= 4 is 22.0 Å². The molecule has 1 aliphatic rings. The van der Waals surface area contributed by atoms with Gasteiger partial charge in [0.1, 0.15) is 0 Å². The molecule has 0 aromatic carbocycles. The minimum absolute atomic E-state index is 0.108. The van der Waals surface area contributed by atoms with Gasteiger partial charge < -0.3 is 15.3 Å². The van der Waals surface area contributed by atoms with E-state index in [1.54, 1.807) is 0 Å². The Kier molecular flexibility index (Phi) is 6.41. The smallest absolute Gasteiger partial charge is 0.317 e. The van der Waals surface area contributed by atoms with Crippen molar-refractivity contribution in [3.05, 3.63) is 0 Å². The molecule has 1 unspecified atom stereocenters. The SMILES string of the molecule is CCCC(CC(=O)O)NC(=O)N1CCN(S(C)(=O)=O)CC1. The maximum Gasteiger partial charge on any atom is 0.317 e. The molecule has 0 aromatic rings. The van der Waals surface area contributed by atoms with E-state index in [0.29, 0.717) is 19.5 Å². The summed E-state index contributed by atoms with van der Waals surface area (Å²) in [6.45, 7) is 3.08. The van der Waals surface area contributed by atoms with Gasteiger partial charge in [-0.15, -0.1) is 0 Å². The van der Waals surface area contributed by atoms with Crippen LogP contribution >= 0.6 is 0 Å². The number of carboxylic acid groups (broad SMARTS) is 1. The van der Waals surface area contributed by atoms with Crippen molar-refractivity contribution in [1.82, 2.24) is 14.5 Å². The Bertz CT molecular complexity index is 471. The number of carbonyl (C=O) groups is 2. The number of aliphatic carboxylic acids is 1. The number of nitrogens with one attached hydrogen (secondary N) is 1. The van der Waals surface area contributed by atoms with E-state index in [1.807, 2.05) is 6.92 Å². The van der Waals surface area contributed by atoms with Crippen LogP contribution in [-0.2, 0) is 14.8 Å². The average molecular weight is 321 g/mol. The molecule has 9 heteroatoms. The molecule has 0 bridgehead atoms. The highest BCUT2D eigenvalue weighted by atomic mass is 32.2. The van der Waals surface area contributed by atoms with Crippen LogP contribution in [0.5, 0.6) is 0 Å². The largest absolute Gasteiger partial charge is 0.481 e. The molecule has 0 saturated carbocycles. The Morgan fingerprint density at radius 2 is 1.81 bits per heavy atom. The van der Waals surface area contributed by atoms with Gasteiger partial charge in [0, 0.05) is 32.2 Å². The number of hydrogen-bond donors (Lipinski definition) is 2. The number of amides is 2. The number of rotatable bonds is 6. The second-order valence-electron chi connectivity index (χ2n) is 5.18. The molecule has 2 N–H and O–H groups in total. The van der Waals surface area contributed by atoms with E-state index in [0.717, 1.165) is 12.7 Å². The minimum atomic E-state index is -3.23. The summed E-state index contributed by atoms with van der Waals surface area (Å²) in [4.78, 5) is 24.4. The Labute approximate surface area is 125 Å². The molecule has 1 rings (SSSR count). The molecule has 0 aliphatic carbocycles. The molecule has 0 spiro atoms. The first-order valence-corrected chi connectivity index (χ1v) is 8.81. The van der Waals surface area contributed by atoms with Crippen molar-refractivity contribution in [3.8, 4) is 0 Å². The zero-order valence-corrected chi connectivity index (χ0v) is 13.2. The third-order valence-corrected chi connectivity index (χ3v) is 4.68. The molecule has 2 amide bonds. The Morgan fingerprint density at radius 1 is 1.24 bits per heavy atom. The Hall–Kier alpha value is -1.35. The number of sulfonamides is 1. The third kappa shape index (κ3) is 5.88. The molecule has 1 fully saturated rings. The first-order chi connectivity index (χ1) is 9.74. The van der Waals surface area contributed by atoms with Crippen molar-refractivity contribution in [2.24, 2.45) is 0 Å². The molecule has 1 saturated heterocycles. The maximum absolute atomic E-state index is 12.1. The van der Waals surface area contributed by atoms with Crippen LogP contribution in [0.1, 0.15) is 26.2 Å². The lowest BCUT2D eigenvalue weighted by Gasteiger charge is -2.34. The van der Waals surface area contributed by atoms with E-state index < -0.39 is 22.0 Å². The van der Waals surface area contributed by atoms with E-state index in [9.17, 15) is 18.0 Å². The molecular weight excluding hydrogens is 298 g/mol. The molecule has 0 aromatic heterocycles. The first kappa shape index (κ1) is 17.7. The van der Waals surface area contributed by atoms with Crippen LogP contribution in [0.4, 0.5) is 4.79 Å². The second kappa shape index (κ2) is 7.60. The first-order valence-electron chi connectivity index (χ1n) is 6.96. The van der Waals surface area contributed by atoms with Crippen LogP contribution in [0, 0.1) is 0 Å². The van der Waals surface area contributed by atoms with Crippen LogP contribution in [0.25, 0.3) is 0 Å². The number of hydrogen-bond acceptors (Lipinski definition) is 4. The van der Waals surface area contributed by atoms with Gasteiger partial charge in [-0.1, -0.05) is 13.3 Å². The molecule has 1 aliphatic heterocycles. The number of carboxylic acids is 1. The molecule has 21 heavy (non-hydrogen) atoms. The van der Waals surface area contributed by atoms with Crippen LogP contribution < -0.4 is 5.32 Å². The quantitative estimate of drug-likeness (QED) is 0.711. The molecule has 8 nitrogen and oxygen atoms in total. The number of carbonyl (C=O) groups excluding carboxylic acids is 1. The number of nitrogens with zero attached hydrogens (tertiary/aromatic N) is 2. The highest BCUT2D eigenvalue weighted by Crippen LogP contribution is 2.08. The summed E-state index contributed by atoms with van der Waals surface area (Å²) in [5.74, 6) is -0.948. The van der Waals surface area contributed by atoms with Crippen LogP contribution in [0.2, 0.25) is 0 Å². The fraction of sp³-hybridized carbons (Fsp3) is 0.833. The topological polar surface area (TPSA) is 107 Å². The third-order valence-electron chi connectivity index (χ3n) is 3.38. The van der Waals surface area contributed by atoms with Gasteiger partial charge in [0.05, 0.1) is 12.7 Å². The molecule has 1 atom stereocenters. The summed E-state index contributed by atoms with van der Waals surface area (Å²) < 4.78 is 24.1. The van der Waals surface area contributed by atoms with E-state index in [4.69, 9.17) is 5.11 Å². The lowest BCUT2D eigenvalue weighted by atomic mass is 10.1. The zero-order valence-electron chi connectivity index (χ0n) is 12.4. The monoisotopic (exact) mass is 321 g/mol. The standard InChI is InChI=1S/C12H23N3O5S/c1-3-4-10(9-11(16)17)13-12(18)14-5-7-15(8-6-14)21(2,19)20/h10H,3-9H2,1-2H3,(H,13,18)(H,16,17). The predicted molar refractivity (Wildman–Crippen MR) is 77.5 cm³/mol. The van der Waals surface area contributed by atoms with Crippen LogP contribution in [0.3, 0.4) is 0 Å². The van der Waals surface area contributed by atoms with Crippen molar-refractivity contribution in [1.29, 1.82) is 0 Å².